The van der Waals surface area contributed by atoms with Gasteiger partial charge in [0.05, 0.1) is 19.2 Å². The van der Waals surface area contributed by atoms with Crippen LogP contribution >= 0.6 is 0 Å². The zero-order chi connectivity index (χ0) is 14.5. The lowest BCUT2D eigenvalue weighted by molar-refractivity contribution is -0.137. The van der Waals surface area contributed by atoms with Gasteiger partial charge in [0, 0.05) is 20.0 Å². The maximum absolute atomic E-state index is 11.7. The van der Waals surface area contributed by atoms with Crippen molar-refractivity contribution in [3.8, 4) is 0 Å². The third-order valence-corrected chi connectivity index (χ3v) is 3.92. The predicted octanol–water partition coefficient (Wildman–Crippen LogP) is -0.0221. The van der Waals surface area contributed by atoms with Gasteiger partial charge < -0.3 is 9.52 Å². The summed E-state index contributed by atoms with van der Waals surface area (Å²) in [7, 11) is -2.43. The van der Waals surface area contributed by atoms with Crippen LogP contribution in [0.3, 0.4) is 0 Å². The molecular formula is C10H17N3O5S. The van der Waals surface area contributed by atoms with E-state index >= 15 is 0 Å². The highest BCUT2D eigenvalue weighted by Gasteiger charge is 2.18. The van der Waals surface area contributed by atoms with Crippen molar-refractivity contribution in [1.82, 2.24) is 14.0 Å². The molecule has 8 nitrogen and oxygen atoms in total. The molecule has 0 aliphatic carbocycles. The topological polar surface area (TPSA) is 113 Å². The van der Waals surface area contributed by atoms with Gasteiger partial charge in [0.1, 0.15) is 5.76 Å². The molecule has 0 bridgehead atoms. The lowest BCUT2D eigenvalue weighted by Gasteiger charge is -2.15. The molecule has 108 valence electrons. The van der Waals surface area contributed by atoms with Crippen LogP contribution in [0.2, 0.25) is 0 Å². The third-order valence-electron chi connectivity index (χ3n) is 2.41. The van der Waals surface area contributed by atoms with E-state index in [9.17, 15) is 13.2 Å². The van der Waals surface area contributed by atoms with Crippen LogP contribution in [0.15, 0.2) is 10.6 Å². The van der Waals surface area contributed by atoms with Crippen molar-refractivity contribution in [2.24, 2.45) is 0 Å². The van der Waals surface area contributed by atoms with Crippen LogP contribution in [0.4, 0.5) is 0 Å². The first-order valence-corrected chi connectivity index (χ1v) is 7.15. The molecule has 0 saturated carbocycles. The van der Waals surface area contributed by atoms with Gasteiger partial charge in [0.15, 0.2) is 0 Å². The fourth-order valence-electron chi connectivity index (χ4n) is 1.23. The summed E-state index contributed by atoms with van der Waals surface area (Å²) in [4.78, 5) is 14.3. The first kappa shape index (κ1) is 15.6. The van der Waals surface area contributed by atoms with E-state index in [2.05, 4.69) is 9.71 Å². The van der Waals surface area contributed by atoms with Crippen LogP contribution in [0, 0.1) is 0 Å². The van der Waals surface area contributed by atoms with E-state index in [-0.39, 0.29) is 25.4 Å². The molecule has 0 aromatic carbocycles. The van der Waals surface area contributed by atoms with Crippen LogP contribution in [0.25, 0.3) is 0 Å². The number of carbonyl (C=O) groups is 1. The Morgan fingerprint density at radius 2 is 2.26 bits per heavy atom. The van der Waals surface area contributed by atoms with Gasteiger partial charge in [-0.25, -0.2) is 4.98 Å². The molecule has 9 heteroatoms. The van der Waals surface area contributed by atoms with E-state index in [1.54, 1.807) is 0 Å². The Morgan fingerprint density at radius 3 is 2.79 bits per heavy atom. The summed E-state index contributed by atoms with van der Waals surface area (Å²) in [5, 5.41) is 8.50. The molecule has 0 aliphatic rings. The SMILES string of the molecule is CCc1cnc(CNS(=O)(=O)N(C)CCC(=O)O)o1. The number of nitrogens with one attached hydrogen (secondary N) is 1. The molecule has 0 atom stereocenters. The van der Waals surface area contributed by atoms with E-state index < -0.39 is 16.2 Å². The molecule has 1 heterocycles. The minimum absolute atomic E-state index is 0.0697. The van der Waals surface area contributed by atoms with Gasteiger partial charge in [0.2, 0.25) is 5.89 Å². The molecule has 0 radical (unpaired) electrons. The Hall–Kier alpha value is -1.45. The molecule has 0 fully saturated rings. The number of aryl methyl sites for hydroxylation is 1. The molecule has 1 aromatic rings. The van der Waals surface area contributed by atoms with Gasteiger partial charge >= 0.3 is 5.97 Å². The fraction of sp³-hybridized carbons (Fsp3) is 0.600. The fourth-order valence-corrected chi connectivity index (χ4v) is 2.09. The van der Waals surface area contributed by atoms with Gasteiger partial charge in [-0.05, 0) is 0 Å². The van der Waals surface area contributed by atoms with Crippen LogP contribution < -0.4 is 4.72 Å². The molecule has 1 aromatic heterocycles. The van der Waals surface area contributed by atoms with E-state index in [0.717, 1.165) is 4.31 Å². The Kier molecular flexibility index (Phi) is 5.45. The average Bonchev–Trinajstić information content (AvgIpc) is 2.81. The molecule has 0 spiro atoms. The first-order valence-electron chi connectivity index (χ1n) is 5.71. The number of hydrogen-bond donors (Lipinski definition) is 2. The second kappa shape index (κ2) is 6.64. The maximum Gasteiger partial charge on any atom is 0.304 e. The Labute approximate surface area is 111 Å². The third kappa shape index (κ3) is 4.97. The van der Waals surface area contributed by atoms with Crippen LogP contribution in [-0.2, 0) is 28.0 Å². The second-order valence-electron chi connectivity index (χ2n) is 3.87. The molecule has 0 unspecified atom stereocenters. The summed E-state index contributed by atoms with van der Waals surface area (Å²) >= 11 is 0. The largest absolute Gasteiger partial charge is 0.481 e. The van der Waals surface area contributed by atoms with Crippen molar-refractivity contribution in [1.29, 1.82) is 0 Å². The molecule has 1 rings (SSSR count). The maximum atomic E-state index is 11.7. The van der Waals surface area contributed by atoms with Gasteiger partial charge in [-0.1, -0.05) is 6.92 Å². The monoisotopic (exact) mass is 291 g/mol. The number of nitrogens with zero attached hydrogens (tertiary/aromatic N) is 2. The zero-order valence-electron chi connectivity index (χ0n) is 10.8. The summed E-state index contributed by atoms with van der Waals surface area (Å²) in [6.45, 7) is 1.73. The number of carboxylic acid groups (broad SMARTS) is 1. The zero-order valence-corrected chi connectivity index (χ0v) is 11.6. The lowest BCUT2D eigenvalue weighted by atomic mass is 10.4. The van der Waals surface area contributed by atoms with E-state index in [1.807, 2.05) is 6.92 Å². The summed E-state index contributed by atoms with van der Waals surface area (Å²) in [6, 6.07) is 0. The summed E-state index contributed by atoms with van der Waals surface area (Å²) in [6.07, 6.45) is 1.96. The standard InChI is InChI=1S/C10H17N3O5S/c1-3-8-6-11-9(18-8)7-12-19(16,17)13(2)5-4-10(14)15/h6,12H,3-5,7H2,1-2H3,(H,14,15). The smallest absolute Gasteiger partial charge is 0.304 e. The Morgan fingerprint density at radius 1 is 1.58 bits per heavy atom. The van der Waals surface area contributed by atoms with Crippen LogP contribution in [0.5, 0.6) is 0 Å². The minimum atomic E-state index is -3.73. The highest BCUT2D eigenvalue weighted by molar-refractivity contribution is 7.87. The van der Waals surface area contributed by atoms with Crippen molar-refractivity contribution in [3.63, 3.8) is 0 Å². The van der Waals surface area contributed by atoms with Crippen LogP contribution in [0.1, 0.15) is 25.0 Å². The number of carboxylic acids is 1. The second-order valence-corrected chi connectivity index (χ2v) is 5.73. The Bertz CT molecular complexity index is 525. The van der Waals surface area contributed by atoms with Gasteiger partial charge in [-0.15, -0.1) is 0 Å². The van der Waals surface area contributed by atoms with Gasteiger partial charge in [-0.3, -0.25) is 4.79 Å². The van der Waals surface area contributed by atoms with Gasteiger partial charge in [-0.2, -0.15) is 17.4 Å². The quantitative estimate of drug-likeness (QED) is 0.696. The lowest BCUT2D eigenvalue weighted by Crippen LogP contribution is -2.38. The predicted molar refractivity (Wildman–Crippen MR) is 66.5 cm³/mol. The minimum Gasteiger partial charge on any atom is -0.481 e. The average molecular weight is 291 g/mol. The van der Waals surface area contributed by atoms with Crippen molar-refractivity contribution >= 4 is 16.2 Å². The van der Waals surface area contributed by atoms with E-state index in [1.165, 1.54) is 13.2 Å². The van der Waals surface area contributed by atoms with Crippen molar-refractivity contribution in [2.75, 3.05) is 13.6 Å². The van der Waals surface area contributed by atoms with E-state index in [0.29, 0.717) is 12.2 Å². The highest BCUT2D eigenvalue weighted by Crippen LogP contribution is 2.05. The number of aliphatic carboxylic acids is 1. The molecule has 19 heavy (non-hydrogen) atoms. The summed E-state index contributed by atoms with van der Waals surface area (Å²) < 4.78 is 32.0. The molecular weight excluding hydrogens is 274 g/mol. The molecule has 0 aliphatic heterocycles. The molecule has 2 N–H and O–H groups in total. The number of hydrogen-bond acceptors (Lipinski definition) is 5. The van der Waals surface area contributed by atoms with Gasteiger partial charge in [0.25, 0.3) is 10.2 Å². The van der Waals surface area contributed by atoms with Crippen molar-refractivity contribution < 1.29 is 22.7 Å². The number of aromatic nitrogens is 1. The number of oxazole rings is 1. The normalized spacial score (nSPS) is 11.9. The van der Waals surface area contributed by atoms with Crippen molar-refractivity contribution in [2.45, 2.75) is 26.3 Å². The summed E-state index contributed by atoms with van der Waals surface area (Å²) in [5.41, 5.74) is 0. The Balaban J connectivity index is 2.52. The molecule has 0 amide bonds. The number of rotatable bonds is 8. The summed E-state index contributed by atoms with van der Waals surface area (Å²) in [5.74, 6) is -0.108. The first-order chi connectivity index (χ1) is 8.85. The van der Waals surface area contributed by atoms with Crippen molar-refractivity contribution in [3.05, 3.63) is 17.8 Å². The highest BCUT2D eigenvalue weighted by atomic mass is 32.2. The van der Waals surface area contributed by atoms with Crippen LogP contribution in [-0.4, -0.2) is 42.4 Å². The van der Waals surface area contributed by atoms with E-state index in [4.69, 9.17) is 9.52 Å². The molecule has 0 saturated heterocycles.